The highest BCUT2D eigenvalue weighted by Gasteiger charge is 2.12. The second-order valence-corrected chi connectivity index (χ2v) is 3.55. The second kappa shape index (κ2) is 6.22. The summed E-state index contributed by atoms with van der Waals surface area (Å²) in [4.78, 5) is 15.2. The molecule has 2 N–H and O–H groups in total. The number of esters is 1. The molecule has 92 valence electrons. The fourth-order valence-electron chi connectivity index (χ4n) is 1.18. The van der Waals surface area contributed by atoms with Gasteiger partial charge in [0.05, 0.1) is 30.8 Å². The lowest BCUT2D eigenvalue weighted by Gasteiger charge is -2.05. The van der Waals surface area contributed by atoms with Crippen molar-refractivity contribution in [1.29, 1.82) is 0 Å². The molecule has 1 aromatic rings. The quantitative estimate of drug-likeness (QED) is 0.628. The van der Waals surface area contributed by atoms with Crippen LogP contribution in [0.15, 0.2) is 17.1 Å². The molecule has 1 rings (SSSR count). The molecule has 0 aliphatic rings. The Bertz CT molecular complexity index is 445. The number of rotatable bonds is 4. The Balaban J connectivity index is 3.11. The predicted octanol–water partition coefficient (Wildman–Crippen LogP) is 1.24. The van der Waals surface area contributed by atoms with E-state index in [9.17, 15) is 9.90 Å². The van der Waals surface area contributed by atoms with Crippen LogP contribution in [-0.2, 0) is 4.74 Å². The lowest BCUT2D eigenvalue weighted by atomic mass is 10.1. The maximum absolute atomic E-state index is 11.3. The first kappa shape index (κ1) is 13.5. The van der Waals surface area contributed by atoms with E-state index in [4.69, 9.17) is 16.7 Å². The zero-order valence-corrected chi connectivity index (χ0v) is 9.94. The van der Waals surface area contributed by atoms with Crippen LogP contribution < -0.4 is 0 Å². The van der Waals surface area contributed by atoms with E-state index in [1.807, 2.05) is 0 Å². The third-order valence-corrected chi connectivity index (χ3v) is 2.26. The van der Waals surface area contributed by atoms with Crippen LogP contribution in [0.3, 0.4) is 0 Å². The Hall–Kier alpha value is -1.59. The van der Waals surface area contributed by atoms with Crippen molar-refractivity contribution in [3.63, 3.8) is 0 Å². The van der Waals surface area contributed by atoms with Crippen LogP contribution in [0, 0.1) is 0 Å². The lowest BCUT2D eigenvalue weighted by molar-refractivity contribution is 0.0600. The summed E-state index contributed by atoms with van der Waals surface area (Å²) in [6, 6.07) is 2.72. The number of carbonyl (C=O) groups excluding carboxylic acids is 1. The second-order valence-electron chi connectivity index (χ2n) is 3.15. The van der Waals surface area contributed by atoms with Crippen molar-refractivity contribution in [1.82, 2.24) is 0 Å². The molecule has 0 saturated carbocycles. The summed E-state index contributed by atoms with van der Waals surface area (Å²) in [5, 5.41) is 18.3. The zero-order chi connectivity index (χ0) is 12.8. The summed E-state index contributed by atoms with van der Waals surface area (Å²) >= 11 is 5.76. The van der Waals surface area contributed by atoms with Gasteiger partial charge in [-0.1, -0.05) is 11.6 Å². The van der Waals surface area contributed by atoms with Crippen LogP contribution >= 0.6 is 11.6 Å². The molecule has 0 unspecified atom stereocenters. The number of aromatic hydroxyl groups is 1. The molecule has 0 heterocycles. The van der Waals surface area contributed by atoms with E-state index in [1.165, 1.54) is 25.5 Å². The number of aliphatic hydroxyl groups is 1. The summed E-state index contributed by atoms with van der Waals surface area (Å²) < 4.78 is 4.55. The highest BCUT2D eigenvalue weighted by Crippen LogP contribution is 2.28. The van der Waals surface area contributed by atoms with Gasteiger partial charge in [-0.15, -0.1) is 0 Å². The Morgan fingerprint density at radius 2 is 2.29 bits per heavy atom. The molecule has 6 heteroatoms. The summed E-state index contributed by atoms with van der Waals surface area (Å²) in [5.74, 6) is -0.718. The molecule has 0 aliphatic heterocycles. The topological polar surface area (TPSA) is 79.1 Å². The highest BCUT2D eigenvalue weighted by molar-refractivity contribution is 6.32. The van der Waals surface area contributed by atoms with E-state index in [-0.39, 0.29) is 29.5 Å². The van der Waals surface area contributed by atoms with Crippen molar-refractivity contribution in [2.45, 2.75) is 0 Å². The number of aliphatic imine (C=N–C) groups is 1. The number of phenols is 1. The Labute approximate surface area is 103 Å². The molecule has 0 bridgehead atoms. The summed E-state index contributed by atoms with van der Waals surface area (Å²) in [6.45, 7) is 0.112. The van der Waals surface area contributed by atoms with Gasteiger partial charge in [0.1, 0.15) is 5.75 Å². The molecule has 0 aromatic heterocycles. The minimum atomic E-state index is -0.552. The fraction of sp³-hybridized carbons (Fsp3) is 0.273. The van der Waals surface area contributed by atoms with Gasteiger partial charge in [0.15, 0.2) is 0 Å². The van der Waals surface area contributed by atoms with Gasteiger partial charge in [0.25, 0.3) is 0 Å². The number of aliphatic hydroxyl groups excluding tert-OH is 1. The van der Waals surface area contributed by atoms with Crippen LogP contribution in [-0.4, -0.2) is 42.7 Å². The molecule has 5 nitrogen and oxygen atoms in total. The van der Waals surface area contributed by atoms with E-state index in [0.29, 0.717) is 5.56 Å². The van der Waals surface area contributed by atoms with Crippen LogP contribution in [0.2, 0.25) is 5.02 Å². The van der Waals surface area contributed by atoms with Gasteiger partial charge < -0.3 is 14.9 Å². The van der Waals surface area contributed by atoms with Crippen LogP contribution in [0.25, 0.3) is 0 Å². The molecular weight excluding hydrogens is 246 g/mol. The lowest BCUT2D eigenvalue weighted by Crippen LogP contribution is -2.02. The number of methoxy groups -OCH3 is 1. The van der Waals surface area contributed by atoms with Crippen molar-refractivity contribution in [2.24, 2.45) is 4.99 Å². The van der Waals surface area contributed by atoms with Gasteiger partial charge in [-0.3, -0.25) is 4.99 Å². The number of benzene rings is 1. The fourth-order valence-corrected chi connectivity index (χ4v) is 1.40. The van der Waals surface area contributed by atoms with E-state index < -0.39 is 5.97 Å². The van der Waals surface area contributed by atoms with Crippen molar-refractivity contribution in [3.8, 4) is 5.75 Å². The summed E-state index contributed by atoms with van der Waals surface area (Å²) in [5.41, 5.74) is 0.520. The van der Waals surface area contributed by atoms with E-state index in [2.05, 4.69) is 9.73 Å². The number of nitrogens with zero attached hydrogens (tertiary/aromatic N) is 1. The molecule has 0 radical (unpaired) electrons. The largest absolute Gasteiger partial charge is 0.506 e. The average molecular weight is 258 g/mol. The number of ether oxygens (including phenoxy) is 1. The van der Waals surface area contributed by atoms with Gasteiger partial charge in [-0.2, -0.15) is 0 Å². The SMILES string of the molecule is COC(=O)c1cc(Cl)c(O)c(C=NCCO)c1. The Morgan fingerprint density at radius 3 is 2.88 bits per heavy atom. The maximum Gasteiger partial charge on any atom is 0.337 e. The van der Waals surface area contributed by atoms with Crippen molar-refractivity contribution >= 4 is 23.8 Å². The third kappa shape index (κ3) is 3.44. The van der Waals surface area contributed by atoms with Crippen LogP contribution in [0.4, 0.5) is 0 Å². The van der Waals surface area contributed by atoms with Gasteiger partial charge in [-0.25, -0.2) is 4.79 Å². The molecule has 17 heavy (non-hydrogen) atoms. The molecule has 0 aliphatic carbocycles. The van der Waals surface area contributed by atoms with Crippen LogP contribution in [0.1, 0.15) is 15.9 Å². The van der Waals surface area contributed by atoms with E-state index in [1.54, 1.807) is 0 Å². The van der Waals surface area contributed by atoms with E-state index >= 15 is 0 Å². The normalized spacial score (nSPS) is 10.8. The molecule has 0 amide bonds. The summed E-state index contributed by atoms with van der Waals surface area (Å²) in [6.07, 6.45) is 1.34. The summed E-state index contributed by atoms with van der Waals surface area (Å²) in [7, 11) is 1.25. The number of hydrogen-bond acceptors (Lipinski definition) is 5. The van der Waals surface area contributed by atoms with Crippen molar-refractivity contribution in [3.05, 3.63) is 28.3 Å². The number of hydrogen-bond donors (Lipinski definition) is 2. The van der Waals surface area contributed by atoms with Gasteiger partial charge >= 0.3 is 5.97 Å². The molecule has 1 aromatic carbocycles. The number of phenolic OH excluding ortho intramolecular Hbond substituents is 1. The predicted molar refractivity (Wildman–Crippen MR) is 64.0 cm³/mol. The molecule has 0 atom stereocenters. The van der Waals surface area contributed by atoms with Crippen molar-refractivity contribution < 1.29 is 19.7 Å². The highest BCUT2D eigenvalue weighted by atomic mass is 35.5. The third-order valence-electron chi connectivity index (χ3n) is 1.97. The zero-order valence-electron chi connectivity index (χ0n) is 9.18. The standard InChI is InChI=1S/C11H12ClNO4/c1-17-11(16)7-4-8(6-13-2-3-14)10(15)9(12)5-7/h4-6,14-15H,2-3H2,1H3. The monoisotopic (exact) mass is 257 g/mol. The maximum atomic E-state index is 11.3. The Morgan fingerprint density at radius 1 is 1.59 bits per heavy atom. The first-order chi connectivity index (χ1) is 8.10. The Kier molecular flexibility index (Phi) is 4.93. The average Bonchev–Trinajstić information content (AvgIpc) is 2.33. The first-order valence-electron chi connectivity index (χ1n) is 4.81. The minimum Gasteiger partial charge on any atom is -0.506 e. The molecule has 0 spiro atoms. The minimum absolute atomic E-state index is 0.0401. The van der Waals surface area contributed by atoms with Crippen LogP contribution in [0.5, 0.6) is 5.75 Å². The molecule has 0 saturated heterocycles. The smallest absolute Gasteiger partial charge is 0.337 e. The number of carbonyl (C=O) groups is 1. The molecule has 0 fully saturated rings. The number of halogens is 1. The van der Waals surface area contributed by atoms with Crippen molar-refractivity contribution in [2.75, 3.05) is 20.3 Å². The molecular formula is C11H12ClNO4. The van der Waals surface area contributed by atoms with Gasteiger partial charge in [0, 0.05) is 11.8 Å². The van der Waals surface area contributed by atoms with Gasteiger partial charge in [-0.05, 0) is 12.1 Å². The first-order valence-corrected chi connectivity index (χ1v) is 5.19. The van der Waals surface area contributed by atoms with E-state index in [0.717, 1.165) is 0 Å². The van der Waals surface area contributed by atoms with Gasteiger partial charge in [0.2, 0.25) is 0 Å².